The van der Waals surface area contributed by atoms with Crippen molar-refractivity contribution in [1.82, 2.24) is 15.5 Å². The Morgan fingerprint density at radius 3 is 2.62 bits per heavy atom. The Labute approximate surface area is 235 Å². The van der Waals surface area contributed by atoms with E-state index in [0.29, 0.717) is 23.3 Å². The van der Waals surface area contributed by atoms with E-state index in [4.69, 9.17) is 0 Å². The maximum absolute atomic E-state index is 13.8. The third-order valence-electron chi connectivity index (χ3n) is 9.64. The second-order valence-corrected chi connectivity index (χ2v) is 13.7. The van der Waals surface area contributed by atoms with Crippen LogP contribution in [0.2, 0.25) is 0 Å². The molecule has 4 saturated carbocycles. The normalized spacial score (nSPS) is 35.6. The van der Waals surface area contributed by atoms with E-state index in [0.717, 1.165) is 75.2 Å². The van der Waals surface area contributed by atoms with Gasteiger partial charge in [0.05, 0.1) is 22.4 Å². The lowest BCUT2D eigenvalue weighted by molar-refractivity contribution is -0.145. The van der Waals surface area contributed by atoms with Crippen LogP contribution in [0, 0.1) is 23.7 Å². The molecule has 6 aliphatic rings. The summed E-state index contributed by atoms with van der Waals surface area (Å²) in [4.78, 5) is 27.4. The number of piperidine rings is 1. The highest BCUT2D eigenvalue weighted by Gasteiger charge is 2.55. The van der Waals surface area contributed by atoms with Gasteiger partial charge in [-0.05, 0) is 92.8 Å². The van der Waals surface area contributed by atoms with Crippen molar-refractivity contribution in [3.05, 3.63) is 58.6 Å². The van der Waals surface area contributed by atoms with Gasteiger partial charge in [0.15, 0.2) is 0 Å². The Bertz CT molecular complexity index is 1120. The van der Waals surface area contributed by atoms with Crippen LogP contribution in [0.4, 0.5) is 0 Å². The molecular formula is C31H41N3O4S. The van der Waals surface area contributed by atoms with Gasteiger partial charge in [-0.2, -0.15) is 0 Å². The first-order valence-electron chi connectivity index (χ1n) is 14.7. The quantitative estimate of drug-likeness (QED) is 0.369. The van der Waals surface area contributed by atoms with Crippen molar-refractivity contribution in [3.8, 4) is 0 Å². The Kier molecular flexibility index (Phi) is 7.79. The Balaban J connectivity index is 1.16. The number of carbonyl (C=O) groups is 2. The Morgan fingerprint density at radius 2 is 1.90 bits per heavy atom. The average Bonchev–Trinajstić information content (AvgIpc) is 2.90. The van der Waals surface area contributed by atoms with Crippen LogP contribution in [0.15, 0.2) is 53.1 Å². The number of rotatable bonds is 9. The number of aryl methyl sites for hydroxylation is 1. The van der Waals surface area contributed by atoms with Gasteiger partial charge in [0, 0.05) is 31.3 Å². The van der Waals surface area contributed by atoms with E-state index >= 15 is 0 Å². The van der Waals surface area contributed by atoms with E-state index in [1.54, 1.807) is 11.8 Å². The zero-order valence-electron chi connectivity index (χ0n) is 22.6. The second kappa shape index (κ2) is 11.3. The molecule has 1 saturated heterocycles. The number of hydrogen-bond donors (Lipinski definition) is 4. The van der Waals surface area contributed by atoms with E-state index in [9.17, 15) is 19.8 Å². The number of amides is 1. The van der Waals surface area contributed by atoms with E-state index in [1.807, 2.05) is 12.1 Å². The fourth-order valence-electron chi connectivity index (χ4n) is 8.16. The molecular weight excluding hydrogens is 510 g/mol. The van der Waals surface area contributed by atoms with Gasteiger partial charge in [-0.15, -0.1) is 11.8 Å². The van der Waals surface area contributed by atoms with Crippen LogP contribution >= 0.6 is 11.8 Å². The minimum absolute atomic E-state index is 0.0220. The van der Waals surface area contributed by atoms with Gasteiger partial charge >= 0.3 is 5.97 Å². The fourth-order valence-corrected chi connectivity index (χ4v) is 9.22. The fraction of sp³-hybridized carbons (Fsp3) is 0.613. The molecule has 2 aliphatic heterocycles. The van der Waals surface area contributed by atoms with Crippen LogP contribution in [0.1, 0.15) is 56.9 Å². The molecule has 1 aromatic carbocycles. The van der Waals surface area contributed by atoms with Crippen LogP contribution in [-0.2, 0) is 16.0 Å². The number of nitrogens with one attached hydrogen (secondary N) is 2. The van der Waals surface area contributed by atoms with Crippen molar-refractivity contribution in [2.24, 2.45) is 23.7 Å². The number of thioether (sulfide) groups is 1. The summed E-state index contributed by atoms with van der Waals surface area (Å²) in [6.45, 7) is 1.66. The Morgan fingerprint density at radius 1 is 1.13 bits per heavy atom. The molecule has 0 radical (unpaired) electrons. The van der Waals surface area contributed by atoms with Crippen LogP contribution in [0.3, 0.4) is 0 Å². The molecule has 4 atom stereocenters. The van der Waals surface area contributed by atoms with Gasteiger partial charge in [0.1, 0.15) is 0 Å². The predicted octanol–water partition coefficient (Wildman–Crippen LogP) is 3.90. The highest BCUT2D eigenvalue weighted by atomic mass is 32.2. The maximum Gasteiger partial charge on any atom is 0.303 e. The first-order chi connectivity index (χ1) is 18.8. The van der Waals surface area contributed by atoms with E-state index in [-0.39, 0.29) is 30.5 Å². The number of hydrogen-bond acceptors (Lipinski definition) is 6. The summed E-state index contributed by atoms with van der Waals surface area (Å²) in [6.07, 6.45) is 11.8. The van der Waals surface area contributed by atoms with E-state index in [1.165, 1.54) is 5.56 Å². The number of aliphatic hydroxyl groups is 1. The topological polar surface area (TPSA) is 102 Å². The molecule has 0 spiro atoms. The Hall–Kier alpha value is -2.29. The number of carboxylic acids is 1. The molecule has 4 aliphatic carbocycles. The lowest BCUT2D eigenvalue weighted by atomic mass is 9.52. The summed E-state index contributed by atoms with van der Waals surface area (Å²) < 4.78 is 0. The van der Waals surface area contributed by atoms with Crippen LogP contribution < -0.4 is 10.6 Å². The summed E-state index contributed by atoms with van der Waals surface area (Å²) in [5.74, 6) is 1.60. The largest absolute Gasteiger partial charge is 0.481 e. The summed E-state index contributed by atoms with van der Waals surface area (Å²) >= 11 is 1.69. The lowest BCUT2D eigenvalue weighted by Gasteiger charge is -2.58. The van der Waals surface area contributed by atoms with Crippen LogP contribution in [-0.4, -0.2) is 63.6 Å². The van der Waals surface area contributed by atoms with Gasteiger partial charge in [-0.3, -0.25) is 14.5 Å². The van der Waals surface area contributed by atoms with Crippen LogP contribution in [0.25, 0.3) is 0 Å². The van der Waals surface area contributed by atoms with Crippen molar-refractivity contribution < 1.29 is 19.8 Å². The highest BCUT2D eigenvalue weighted by Crippen LogP contribution is 2.55. The number of carbonyl (C=O) groups excluding carboxylic acids is 1. The molecule has 2 heterocycles. The summed E-state index contributed by atoms with van der Waals surface area (Å²) in [6, 6.07) is 10.6. The summed E-state index contributed by atoms with van der Waals surface area (Å²) in [5, 5.41) is 28.2. The molecule has 0 aromatic heterocycles. The molecule has 210 valence electrons. The van der Waals surface area contributed by atoms with Crippen molar-refractivity contribution >= 4 is 23.6 Å². The van der Waals surface area contributed by atoms with Gasteiger partial charge in [-0.25, -0.2) is 0 Å². The molecule has 4 N–H and O–H groups in total. The van der Waals surface area contributed by atoms with Gasteiger partial charge in [0.25, 0.3) is 5.91 Å². The zero-order chi connectivity index (χ0) is 27.0. The summed E-state index contributed by atoms with van der Waals surface area (Å²) in [7, 11) is 0. The maximum atomic E-state index is 13.8. The smallest absolute Gasteiger partial charge is 0.303 e. The molecule has 39 heavy (non-hydrogen) atoms. The standard InChI is InChI=1S/C31H41N3O4S/c35-27(36)15-21-7-4-11-34(19-21)26-9-8-25(30(32-26)39-12-10-20-5-2-1-3-6-20)29(37)33-28-23-13-22-14-24(28)18-31(38,16-22)17-23/h1-3,5-6,8-9,21-24,26,28,32,38H,4,7,10-19H2,(H,33,37)(H,35,36). The molecule has 4 unspecified atom stereocenters. The zero-order valence-corrected chi connectivity index (χ0v) is 23.4. The van der Waals surface area contributed by atoms with Gasteiger partial charge in [-0.1, -0.05) is 30.3 Å². The first kappa shape index (κ1) is 26.9. The monoisotopic (exact) mass is 551 g/mol. The van der Waals surface area contributed by atoms with Crippen molar-refractivity contribution in [1.29, 1.82) is 0 Å². The number of dihydropyridines is 1. The average molecular weight is 552 g/mol. The molecule has 8 heteroatoms. The van der Waals surface area contributed by atoms with Gasteiger partial charge < -0.3 is 20.8 Å². The molecule has 1 aromatic rings. The first-order valence-corrected chi connectivity index (χ1v) is 15.7. The van der Waals surface area contributed by atoms with Gasteiger partial charge in [0.2, 0.25) is 0 Å². The van der Waals surface area contributed by atoms with E-state index in [2.05, 4.69) is 45.9 Å². The number of benzene rings is 1. The number of nitrogens with zero attached hydrogens (tertiary/aromatic N) is 1. The minimum atomic E-state index is -0.734. The minimum Gasteiger partial charge on any atom is -0.481 e. The predicted molar refractivity (Wildman–Crippen MR) is 153 cm³/mol. The van der Waals surface area contributed by atoms with Crippen molar-refractivity contribution in [2.75, 3.05) is 18.8 Å². The number of carboxylic acid groups (broad SMARTS) is 1. The molecule has 5 fully saturated rings. The second-order valence-electron chi connectivity index (χ2n) is 12.6. The lowest BCUT2D eigenvalue weighted by Crippen LogP contribution is -2.61. The number of likely N-dealkylation sites (tertiary alicyclic amines) is 1. The summed E-state index contributed by atoms with van der Waals surface area (Å²) in [5.41, 5.74) is 1.46. The van der Waals surface area contributed by atoms with E-state index < -0.39 is 11.6 Å². The van der Waals surface area contributed by atoms with Crippen molar-refractivity contribution in [2.45, 2.75) is 75.6 Å². The third-order valence-corrected chi connectivity index (χ3v) is 10.7. The molecule has 4 bridgehead atoms. The van der Waals surface area contributed by atoms with Crippen LogP contribution in [0.5, 0.6) is 0 Å². The number of aliphatic carboxylic acids is 1. The molecule has 7 nitrogen and oxygen atoms in total. The highest BCUT2D eigenvalue weighted by molar-refractivity contribution is 8.03. The SMILES string of the molecule is O=C(O)CC1CCCN(C2C=CC(C(=O)NC3C4CC5CC3CC(O)(C5)C4)=C(SCCc3ccccc3)N2)C1. The molecule has 1 amide bonds. The third kappa shape index (κ3) is 6.08. The van der Waals surface area contributed by atoms with Crippen molar-refractivity contribution in [3.63, 3.8) is 0 Å². The molecule has 7 rings (SSSR count).